The summed E-state index contributed by atoms with van der Waals surface area (Å²) in [5.41, 5.74) is 2.29. The number of nitro groups is 1. The Hall–Kier alpha value is -3.02. The molecular formula is C15H12N4O2. The molecule has 3 aromatic rings. The van der Waals surface area contributed by atoms with Gasteiger partial charge in [0.05, 0.1) is 10.3 Å². The highest BCUT2D eigenvalue weighted by atomic mass is 16.6. The molecule has 0 saturated heterocycles. The number of hydrogen-bond donors (Lipinski definition) is 1. The van der Waals surface area contributed by atoms with Crippen molar-refractivity contribution in [3.8, 4) is 0 Å². The molecule has 0 aliphatic carbocycles. The molecule has 104 valence electrons. The van der Waals surface area contributed by atoms with Gasteiger partial charge in [0, 0.05) is 11.8 Å². The van der Waals surface area contributed by atoms with Gasteiger partial charge in [0.2, 0.25) is 0 Å². The SMILES string of the molecule is Cc1cccc(Nc2ncnc3c([N+](=O)[O-])cccc23)c1. The fraction of sp³-hybridized carbons (Fsp3) is 0.0667. The molecule has 3 rings (SSSR count). The van der Waals surface area contributed by atoms with Crippen LogP contribution in [0.25, 0.3) is 10.9 Å². The molecule has 0 fully saturated rings. The highest BCUT2D eigenvalue weighted by Crippen LogP contribution is 2.28. The van der Waals surface area contributed by atoms with Crippen LogP contribution < -0.4 is 5.32 Å². The molecule has 0 radical (unpaired) electrons. The molecule has 1 aromatic heterocycles. The first-order valence-corrected chi connectivity index (χ1v) is 6.37. The standard InChI is InChI=1S/C15H12N4O2/c1-10-4-2-5-11(8-10)18-15-12-6-3-7-13(19(20)21)14(12)16-9-17-15/h2-9H,1H3,(H,16,17,18). The lowest BCUT2D eigenvalue weighted by atomic mass is 10.2. The highest BCUT2D eigenvalue weighted by Gasteiger charge is 2.15. The Kier molecular flexibility index (Phi) is 3.19. The first kappa shape index (κ1) is 13.0. The number of aromatic nitrogens is 2. The monoisotopic (exact) mass is 280 g/mol. The largest absolute Gasteiger partial charge is 0.340 e. The Morgan fingerprint density at radius 3 is 2.71 bits per heavy atom. The molecule has 0 saturated carbocycles. The molecule has 0 aliphatic rings. The quantitative estimate of drug-likeness (QED) is 0.585. The van der Waals surface area contributed by atoms with E-state index in [-0.39, 0.29) is 5.69 Å². The van der Waals surface area contributed by atoms with E-state index in [4.69, 9.17) is 0 Å². The van der Waals surface area contributed by atoms with Crippen LogP contribution in [0.4, 0.5) is 17.2 Å². The van der Waals surface area contributed by atoms with Crippen molar-refractivity contribution in [3.05, 3.63) is 64.5 Å². The Labute approximate surface area is 120 Å². The lowest BCUT2D eigenvalue weighted by Gasteiger charge is -2.08. The number of anilines is 2. The zero-order valence-electron chi connectivity index (χ0n) is 11.3. The summed E-state index contributed by atoms with van der Waals surface area (Å²) in [5, 5.41) is 14.9. The predicted octanol–water partition coefficient (Wildman–Crippen LogP) is 3.59. The van der Waals surface area contributed by atoms with Crippen molar-refractivity contribution in [2.24, 2.45) is 0 Å². The Morgan fingerprint density at radius 2 is 1.95 bits per heavy atom. The third-order valence-electron chi connectivity index (χ3n) is 3.12. The van der Waals surface area contributed by atoms with Crippen LogP contribution in [0, 0.1) is 17.0 Å². The van der Waals surface area contributed by atoms with E-state index in [0.717, 1.165) is 11.3 Å². The third kappa shape index (κ3) is 2.51. The van der Waals surface area contributed by atoms with Gasteiger partial charge in [-0.2, -0.15) is 0 Å². The summed E-state index contributed by atoms with van der Waals surface area (Å²) in [7, 11) is 0. The van der Waals surface area contributed by atoms with Gasteiger partial charge < -0.3 is 5.32 Å². The first-order valence-electron chi connectivity index (χ1n) is 6.37. The molecule has 21 heavy (non-hydrogen) atoms. The number of rotatable bonds is 3. The topological polar surface area (TPSA) is 81.0 Å². The molecule has 0 amide bonds. The van der Waals surface area contributed by atoms with Gasteiger partial charge in [0.15, 0.2) is 5.52 Å². The van der Waals surface area contributed by atoms with Crippen molar-refractivity contribution in [1.29, 1.82) is 0 Å². The zero-order valence-corrected chi connectivity index (χ0v) is 11.3. The van der Waals surface area contributed by atoms with Gasteiger partial charge in [-0.25, -0.2) is 9.97 Å². The van der Waals surface area contributed by atoms with Crippen molar-refractivity contribution in [2.45, 2.75) is 6.92 Å². The highest BCUT2D eigenvalue weighted by molar-refractivity contribution is 5.95. The van der Waals surface area contributed by atoms with Crippen molar-refractivity contribution in [1.82, 2.24) is 9.97 Å². The maximum absolute atomic E-state index is 11.1. The number of hydrogen-bond acceptors (Lipinski definition) is 5. The number of nitrogens with zero attached hydrogens (tertiary/aromatic N) is 3. The van der Waals surface area contributed by atoms with Crippen LogP contribution in [0.5, 0.6) is 0 Å². The normalized spacial score (nSPS) is 10.5. The van der Waals surface area contributed by atoms with Gasteiger partial charge in [-0.15, -0.1) is 0 Å². The fourth-order valence-corrected chi connectivity index (χ4v) is 2.18. The second-order valence-electron chi connectivity index (χ2n) is 4.65. The average molecular weight is 280 g/mol. The second-order valence-corrected chi connectivity index (χ2v) is 4.65. The van der Waals surface area contributed by atoms with E-state index in [1.165, 1.54) is 12.4 Å². The van der Waals surface area contributed by atoms with Crippen molar-refractivity contribution in [3.63, 3.8) is 0 Å². The Balaban J connectivity index is 2.11. The maximum Gasteiger partial charge on any atom is 0.295 e. The predicted molar refractivity (Wildman–Crippen MR) is 80.7 cm³/mol. The van der Waals surface area contributed by atoms with E-state index < -0.39 is 4.92 Å². The summed E-state index contributed by atoms with van der Waals surface area (Å²) in [6.07, 6.45) is 1.33. The number of benzene rings is 2. The van der Waals surface area contributed by atoms with Gasteiger partial charge >= 0.3 is 0 Å². The van der Waals surface area contributed by atoms with E-state index in [1.54, 1.807) is 12.1 Å². The van der Waals surface area contributed by atoms with E-state index >= 15 is 0 Å². The molecule has 1 heterocycles. The van der Waals surface area contributed by atoms with Gasteiger partial charge in [-0.05, 0) is 30.7 Å². The van der Waals surface area contributed by atoms with E-state index in [2.05, 4.69) is 15.3 Å². The van der Waals surface area contributed by atoms with E-state index in [1.807, 2.05) is 31.2 Å². The number of nitro benzene ring substituents is 1. The van der Waals surface area contributed by atoms with Crippen LogP contribution in [0.2, 0.25) is 0 Å². The van der Waals surface area contributed by atoms with E-state index in [0.29, 0.717) is 16.7 Å². The van der Waals surface area contributed by atoms with Crippen LogP contribution in [-0.2, 0) is 0 Å². The lowest BCUT2D eigenvalue weighted by molar-refractivity contribution is -0.383. The Bertz CT molecular complexity index is 833. The molecule has 6 nitrogen and oxygen atoms in total. The molecule has 0 bridgehead atoms. The second kappa shape index (κ2) is 5.16. The lowest BCUT2D eigenvalue weighted by Crippen LogP contribution is -1.98. The summed E-state index contributed by atoms with van der Waals surface area (Å²) in [6, 6.07) is 12.7. The van der Waals surface area contributed by atoms with Crippen LogP contribution >= 0.6 is 0 Å². The number of para-hydroxylation sites is 1. The van der Waals surface area contributed by atoms with Gasteiger partial charge in [-0.1, -0.05) is 18.2 Å². The summed E-state index contributed by atoms with van der Waals surface area (Å²) < 4.78 is 0. The summed E-state index contributed by atoms with van der Waals surface area (Å²) in [6.45, 7) is 1.99. The smallest absolute Gasteiger partial charge is 0.295 e. The molecule has 2 aromatic carbocycles. The molecule has 1 N–H and O–H groups in total. The van der Waals surface area contributed by atoms with Gasteiger partial charge in [0.25, 0.3) is 5.69 Å². The Morgan fingerprint density at radius 1 is 1.14 bits per heavy atom. The fourth-order valence-electron chi connectivity index (χ4n) is 2.18. The molecule has 0 unspecified atom stereocenters. The first-order chi connectivity index (χ1) is 10.1. The third-order valence-corrected chi connectivity index (χ3v) is 3.12. The van der Waals surface area contributed by atoms with Gasteiger partial charge in [-0.3, -0.25) is 10.1 Å². The van der Waals surface area contributed by atoms with Crippen LogP contribution in [0.3, 0.4) is 0 Å². The van der Waals surface area contributed by atoms with Crippen LogP contribution in [0.15, 0.2) is 48.8 Å². The van der Waals surface area contributed by atoms with Crippen molar-refractivity contribution in [2.75, 3.05) is 5.32 Å². The summed E-state index contributed by atoms with van der Waals surface area (Å²) in [5.74, 6) is 0.550. The minimum absolute atomic E-state index is 0.0257. The van der Waals surface area contributed by atoms with Crippen molar-refractivity contribution >= 4 is 28.1 Å². The molecular weight excluding hydrogens is 268 g/mol. The van der Waals surface area contributed by atoms with Crippen molar-refractivity contribution < 1.29 is 4.92 Å². The summed E-state index contributed by atoms with van der Waals surface area (Å²) in [4.78, 5) is 18.8. The minimum atomic E-state index is -0.439. The number of fused-ring (bicyclic) bond motifs is 1. The molecule has 6 heteroatoms. The zero-order chi connectivity index (χ0) is 14.8. The molecule has 0 spiro atoms. The van der Waals surface area contributed by atoms with Gasteiger partial charge in [0.1, 0.15) is 12.1 Å². The van der Waals surface area contributed by atoms with Crippen LogP contribution in [0.1, 0.15) is 5.56 Å². The van der Waals surface area contributed by atoms with E-state index in [9.17, 15) is 10.1 Å². The number of non-ortho nitro benzene ring substituents is 1. The van der Waals surface area contributed by atoms with Crippen LogP contribution in [-0.4, -0.2) is 14.9 Å². The number of nitrogens with one attached hydrogen (secondary N) is 1. The minimum Gasteiger partial charge on any atom is -0.340 e. The molecule has 0 aliphatic heterocycles. The maximum atomic E-state index is 11.1. The summed E-state index contributed by atoms with van der Waals surface area (Å²) >= 11 is 0. The average Bonchev–Trinajstić information content (AvgIpc) is 2.47. The molecule has 0 atom stereocenters. The number of aryl methyl sites for hydroxylation is 1.